The van der Waals surface area contributed by atoms with E-state index in [2.05, 4.69) is 26.7 Å². The Hall–Kier alpha value is -2.73. The number of hydrogen-bond acceptors (Lipinski definition) is 5. The van der Waals surface area contributed by atoms with E-state index >= 15 is 0 Å². The number of anilines is 1. The number of amides is 1. The molecule has 144 valence electrons. The standard InChI is InChI=1S/C22H24N4OS/c27-21(23-16-18-9-5-2-6-10-18)19-11-13-26(14-12-19)22-24-20(25-28-22)15-17-7-3-1-4-8-17/h1-10,19H,11-16H2,(H,23,27). The lowest BCUT2D eigenvalue weighted by molar-refractivity contribution is -0.125. The largest absolute Gasteiger partial charge is 0.352 e. The van der Waals surface area contributed by atoms with Crippen LogP contribution in [0.15, 0.2) is 60.7 Å². The maximum absolute atomic E-state index is 12.5. The van der Waals surface area contributed by atoms with E-state index in [0.29, 0.717) is 6.54 Å². The first-order valence-corrected chi connectivity index (χ1v) is 10.5. The number of nitrogens with one attached hydrogen (secondary N) is 1. The lowest BCUT2D eigenvalue weighted by Gasteiger charge is -2.30. The van der Waals surface area contributed by atoms with E-state index in [1.807, 2.05) is 48.5 Å². The van der Waals surface area contributed by atoms with Gasteiger partial charge in [-0.25, -0.2) is 4.98 Å². The summed E-state index contributed by atoms with van der Waals surface area (Å²) in [7, 11) is 0. The first kappa shape index (κ1) is 18.6. The topological polar surface area (TPSA) is 58.1 Å². The molecule has 28 heavy (non-hydrogen) atoms. The van der Waals surface area contributed by atoms with Gasteiger partial charge in [-0.15, -0.1) is 0 Å². The molecular weight excluding hydrogens is 368 g/mol. The average Bonchev–Trinajstić information content (AvgIpc) is 3.22. The van der Waals surface area contributed by atoms with Crippen LogP contribution in [0, 0.1) is 5.92 Å². The second-order valence-electron chi connectivity index (χ2n) is 7.12. The fourth-order valence-electron chi connectivity index (χ4n) is 3.49. The van der Waals surface area contributed by atoms with Crippen LogP contribution in [0.1, 0.15) is 29.8 Å². The zero-order valence-corrected chi connectivity index (χ0v) is 16.6. The van der Waals surface area contributed by atoms with Gasteiger partial charge in [0.05, 0.1) is 0 Å². The zero-order valence-electron chi connectivity index (χ0n) is 15.8. The first-order valence-electron chi connectivity index (χ1n) is 9.71. The van der Waals surface area contributed by atoms with Gasteiger partial charge >= 0.3 is 0 Å². The summed E-state index contributed by atoms with van der Waals surface area (Å²) >= 11 is 1.46. The molecule has 0 bridgehead atoms. The van der Waals surface area contributed by atoms with Crippen molar-refractivity contribution in [3.63, 3.8) is 0 Å². The molecule has 1 aliphatic rings. The van der Waals surface area contributed by atoms with Crippen molar-refractivity contribution in [2.75, 3.05) is 18.0 Å². The molecule has 5 nitrogen and oxygen atoms in total. The number of carbonyl (C=O) groups excluding carboxylic acids is 1. The number of rotatable bonds is 6. The first-order chi connectivity index (χ1) is 13.8. The normalized spacial score (nSPS) is 14.8. The van der Waals surface area contributed by atoms with Crippen LogP contribution in [-0.4, -0.2) is 28.4 Å². The van der Waals surface area contributed by atoms with Gasteiger partial charge in [-0.05, 0) is 24.0 Å². The minimum Gasteiger partial charge on any atom is -0.352 e. The maximum atomic E-state index is 12.5. The lowest BCUT2D eigenvalue weighted by Crippen LogP contribution is -2.40. The molecule has 1 saturated heterocycles. The highest BCUT2D eigenvalue weighted by Gasteiger charge is 2.26. The summed E-state index contributed by atoms with van der Waals surface area (Å²) in [5.41, 5.74) is 2.36. The molecule has 1 aromatic heterocycles. The molecule has 1 fully saturated rings. The van der Waals surface area contributed by atoms with Crippen molar-refractivity contribution in [2.45, 2.75) is 25.8 Å². The monoisotopic (exact) mass is 392 g/mol. The third-order valence-corrected chi connectivity index (χ3v) is 5.92. The lowest BCUT2D eigenvalue weighted by atomic mass is 9.96. The molecule has 0 unspecified atom stereocenters. The Balaban J connectivity index is 1.26. The highest BCUT2D eigenvalue weighted by atomic mass is 32.1. The number of aromatic nitrogens is 2. The molecule has 2 aromatic carbocycles. The van der Waals surface area contributed by atoms with Gasteiger partial charge in [0.1, 0.15) is 5.82 Å². The van der Waals surface area contributed by atoms with Crippen molar-refractivity contribution in [2.24, 2.45) is 5.92 Å². The van der Waals surface area contributed by atoms with Crippen molar-refractivity contribution >= 4 is 22.6 Å². The number of hydrogen-bond donors (Lipinski definition) is 1. The van der Waals surface area contributed by atoms with E-state index in [-0.39, 0.29) is 11.8 Å². The molecule has 3 aromatic rings. The molecule has 1 aliphatic heterocycles. The Labute approximate surface area is 169 Å². The summed E-state index contributed by atoms with van der Waals surface area (Å²) in [6, 6.07) is 20.3. The summed E-state index contributed by atoms with van der Waals surface area (Å²) in [5.74, 6) is 1.11. The van der Waals surface area contributed by atoms with Gasteiger partial charge in [0.25, 0.3) is 0 Å². The van der Waals surface area contributed by atoms with Gasteiger partial charge < -0.3 is 10.2 Å². The molecule has 1 amide bonds. The predicted octanol–water partition coefficient (Wildman–Crippen LogP) is 3.66. The van der Waals surface area contributed by atoms with E-state index in [1.165, 1.54) is 17.1 Å². The Kier molecular flexibility index (Phi) is 5.97. The van der Waals surface area contributed by atoms with Crippen molar-refractivity contribution in [3.05, 3.63) is 77.6 Å². The third-order valence-electron chi connectivity index (χ3n) is 5.11. The number of nitrogens with zero attached hydrogens (tertiary/aromatic N) is 3. The fourth-order valence-corrected chi connectivity index (χ4v) is 4.22. The summed E-state index contributed by atoms with van der Waals surface area (Å²) in [6.07, 6.45) is 2.47. The Morgan fingerprint density at radius 2 is 1.64 bits per heavy atom. The zero-order chi connectivity index (χ0) is 19.2. The van der Waals surface area contributed by atoms with Gasteiger partial charge in [-0.2, -0.15) is 4.37 Å². The van der Waals surface area contributed by atoms with E-state index in [9.17, 15) is 4.79 Å². The van der Waals surface area contributed by atoms with Crippen LogP contribution in [0.3, 0.4) is 0 Å². The quantitative estimate of drug-likeness (QED) is 0.696. The number of piperidine rings is 1. The minimum absolute atomic E-state index is 0.0803. The van der Waals surface area contributed by atoms with Gasteiger partial charge in [-0.1, -0.05) is 60.7 Å². The second kappa shape index (κ2) is 8.97. The van der Waals surface area contributed by atoms with E-state index in [1.54, 1.807) is 0 Å². The molecule has 0 aliphatic carbocycles. The summed E-state index contributed by atoms with van der Waals surface area (Å²) in [4.78, 5) is 19.4. The summed E-state index contributed by atoms with van der Waals surface area (Å²) in [6.45, 7) is 2.30. The van der Waals surface area contributed by atoms with Crippen LogP contribution in [0.4, 0.5) is 5.13 Å². The minimum atomic E-state index is 0.0803. The molecule has 0 atom stereocenters. The van der Waals surface area contributed by atoms with Crippen LogP contribution >= 0.6 is 11.5 Å². The smallest absolute Gasteiger partial charge is 0.223 e. The Morgan fingerprint density at radius 1 is 1.00 bits per heavy atom. The van der Waals surface area contributed by atoms with Crippen molar-refractivity contribution < 1.29 is 4.79 Å². The van der Waals surface area contributed by atoms with Crippen molar-refractivity contribution in [1.29, 1.82) is 0 Å². The van der Waals surface area contributed by atoms with Gasteiger partial charge in [0, 0.05) is 43.5 Å². The number of benzene rings is 2. The molecular formula is C22H24N4OS. The summed E-state index contributed by atoms with van der Waals surface area (Å²) in [5, 5.41) is 4.04. The predicted molar refractivity (Wildman–Crippen MR) is 112 cm³/mol. The Morgan fingerprint density at radius 3 is 2.32 bits per heavy atom. The van der Waals surface area contributed by atoms with Crippen LogP contribution in [0.25, 0.3) is 0 Å². The van der Waals surface area contributed by atoms with Crippen molar-refractivity contribution in [3.8, 4) is 0 Å². The summed E-state index contributed by atoms with van der Waals surface area (Å²) < 4.78 is 4.51. The molecule has 2 heterocycles. The highest BCUT2D eigenvalue weighted by molar-refractivity contribution is 7.09. The van der Waals surface area contributed by atoms with E-state index in [0.717, 1.165) is 48.9 Å². The third kappa shape index (κ3) is 4.75. The molecule has 0 spiro atoms. The number of carbonyl (C=O) groups is 1. The highest BCUT2D eigenvalue weighted by Crippen LogP contribution is 2.25. The molecule has 0 saturated carbocycles. The van der Waals surface area contributed by atoms with Gasteiger partial charge in [0.15, 0.2) is 0 Å². The van der Waals surface area contributed by atoms with Crippen LogP contribution < -0.4 is 10.2 Å². The molecule has 1 N–H and O–H groups in total. The SMILES string of the molecule is O=C(NCc1ccccc1)C1CCN(c2nc(Cc3ccccc3)ns2)CC1. The van der Waals surface area contributed by atoms with Gasteiger partial charge in [-0.3, -0.25) is 4.79 Å². The van der Waals surface area contributed by atoms with Crippen LogP contribution in [-0.2, 0) is 17.8 Å². The van der Waals surface area contributed by atoms with Crippen molar-refractivity contribution in [1.82, 2.24) is 14.7 Å². The van der Waals surface area contributed by atoms with Gasteiger partial charge in [0.2, 0.25) is 11.0 Å². The maximum Gasteiger partial charge on any atom is 0.223 e. The average molecular weight is 393 g/mol. The fraction of sp³-hybridized carbons (Fsp3) is 0.318. The van der Waals surface area contributed by atoms with Crippen LogP contribution in [0.2, 0.25) is 0 Å². The molecule has 6 heteroatoms. The van der Waals surface area contributed by atoms with E-state index < -0.39 is 0 Å². The second-order valence-corrected chi connectivity index (χ2v) is 7.85. The van der Waals surface area contributed by atoms with Crippen LogP contribution in [0.5, 0.6) is 0 Å². The molecule has 4 rings (SSSR count). The Bertz CT molecular complexity index is 889. The molecule has 0 radical (unpaired) electrons. The van der Waals surface area contributed by atoms with E-state index in [4.69, 9.17) is 4.98 Å².